The number of para-hydroxylation sites is 1. The number of nitrogens with two attached hydrogens (primary N) is 1. The molecule has 0 amide bonds. The Kier molecular flexibility index (Phi) is 3.23. The zero-order valence-electron chi connectivity index (χ0n) is 9.89. The molecule has 0 radical (unpaired) electrons. The largest absolute Gasteiger partial charge is 0.384 e. The molecule has 3 N–H and O–H groups in total. The lowest BCUT2D eigenvalue weighted by molar-refractivity contribution is 0.627. The van der Waals surface area contributed by atoms with Crippen LogP contribution in [-0.4, -0.2) is 17.9 Å². The van der Waals surface area contributed by atoms with Crippen LogP contribution in [0.2, 0.25) is 0 Å². The average molecular weight is 244 g/mol. The van der Waals surface area contributed by atoms with E-state index >= 15 is 0 Å². The first-order chi connectivity index (χ1) is 8.61. The summed E-state index contributed by atoms with van der Waals surface area (Å²) in [4.78, 5) is 5.61. The first kappa shape index (κ1) is 12.0. The van der Waals surface area contributed by atoms with Crippen LogP contribution in [0.5, 0.6) is 0 Å². The molecule has 0 unspecified atom stereocenters. The number of nitrogens with zero attached hydrogens (tertiary/aromatic N) is 2. The van der Waals surface area contributed by atoms with E-state index in [1.807, 2.05) is 0 Å². The van der Waals surface area contributed by atoms with Gasteiger partial charge in [0.1, 0.15) is 11.7 Å². The Morgan fingerprint density at radius 3 is 2.67 bits per heavy atom. The molecule has 4 nitrogen and oxygen atoms in total. The minimum atomic E-state index is -0.335. The fraction of sp³-hybridized carbons (Fsp3) is 0.0769. The van der Waals surface area contributed by atoms with Crippen molar-refractivity contribution < 1.29 is 4.39 Å². The van der Waals surface area contributed by atoms with Crippen molar-refractivity contribution in [2.75, 3.05) is 11.9 Å². The number of hydrogen-bond acceptors (Lipinski definition) is 3. The number of amidine groups is 1. The number of pyridine rings is 1. The Hall–Kier alpha value is -2.43. The molecule has 0 spiro atoms. The van der Waals surface area contributed by atoms with Crippen molar-refractivity contribution in [1.29, 1.82) is 5.41 Å². The van der Waals surface area contributed by atoms with E-state index in [4.69, 9.17) is 11.1 Å². The van der Waals surface area contributed by atoms with Gasteiger partial charge in [-0.1, -0.05) is 12.1 Å². The minimum Gasteiger partial charge on any atom is -0.384 e. The third-order valence-corrected chi connectivity index (χ3v) is 2.67. The molecule has 2 rings (SSSR count). The lowest BCUT2D eigenvalue weighted by Crippen LogP contribution is -2.19. The summed E-state index contributed by atoms with van der Waals surface area (Å²) in [6.45, 7) is 0. The molecular weight excluding hydrogens is 231 g/mol. The standard InChI is InChI=1S/C13H13FN4/c1-18(11-5-3-2-4-10(11)14)12-8-17-7-6-9(12)13(15)16/h2-8H,1H3,(H3,15,16). The normalized spacial score (nSPS) is 10.1. The Labute approximate surface area is 104 Å². The molecular formula is C13H13FN4. The second-order valence-corrected chi connectivity index (χ2v) is 3.82. The Morgan fingerprint density at radius 2 is 2.00 bits per heavy atom. The number of halogens is 1. The van der Waals surface area contributed by atoms with Crippen molar-refractivity contribution in [3.05, 3.63) is 54.1 Å². The van der Waals surface area contributed by atoms with Crippen LogP contribution in [0.15, 0.2) is 42.7 Å². The molecule has 92 valence electrons. The zero-order valence-corrected chi connectivity index (χ0v) is 9.89. The number of nitrogens with one attached hydrogen (secondary N) is 1. The third kappa shape index (κ3) is 2.15. The van der Waals surface area contributed by atoms with Gasteiger partial charge in [0.25, 0.3) is 0 Å². The van der Waals surface area contributed by atoms with E-state index in [2.05, 4.69) is 4.98 Å². The van der Waals surface area contributed by atoms with Gasteiger partial charge in [-0.15, -0.1) is 0 Å². The topological polar surface area (TPSA) is 66.0 Å². The highest BCUT2D eigenvalue weighted by Crippen LogP contribution is 2.27. The number of rotatable bonds is 3. The minimum absolute atomic E-state index is 0.0735. The number of benzene rings is 1. The lowest BCUT2D eigenvalue weighted by Gasteiger charge is -2.22. The molecule has 2 aromatic rings. The maximum Gasteiger partial charge on any atom is 0.146 e. The second-order valence-electron chi connectivity index (χ2n) is 3.82. The van der Waals surface area contributed by atoms with E-state index in [9.17, 15) is 4.39 Å². The van der Waals surface area contributed by atoms with Gasteiger partial charge >= 0.3 is 0 Å². The van der Waals surface area contributed by atoms with Crippen LogP contribution in [0.25, 0.3) is 0 Å². The first-order valence-corrected chi connectivity index (χ1v) is 5.38. The predicted molar refractivity (Wildman–Crippen MR) is 69.7 cm³/mol. The van der Waals surface area contributed by atoms with Crippen molar-refractivity contribution in [2.24, 2.45) is 5.73 Å². The summed E-state index contributed by atoms with van der Waals surface area (Å²) in [7, 11) is 1.71. The van der Waals surface area contributed by atoms with E-state index in [0.29, 0.717) is 16.9 Å². The van der Waals surface area contributed by atoms with Gasteiger partial charge in [-0.2, -0.15) is 0 Å². The first-order valence-electron chi connectivity index (χ1n) is 5.38. The SMILES string of the molecule is CN(c1ccccc1F)c1cnccc1C(=N)N. The molecule has 0 fully saturated rings. The van der Waals surface area contributed by atoms with Gasteiger partial charge in [-0.25, -0.2) is 4.39 Å². The smallest absolute Gasteiger partial charge is 0.146 e. The maximum atomic E-state index is 13.7. The average Bonchev–Trinajstić information content (AvgIpc) is 2.38. The molecule has 0 atom stereocenters. The van der Waals surface area contributed by atoms with Crippen molar-refractivity contribution in [1.82, 2.24) is 4.98 Å². The molecule has 18 heavy (non-hydrogen) atoms. The molecule has 0 aliphatic heterocycles. The van der Waals surface area contributed by atoms with Gasteiger partial charge < -0.3 is 10.6 Å². The van der Waals surface area contributed by atoms with Crippen LogP contribution in [0, 0.1) is 11.2 Å². The van der Waals surface area contributed by atoms with Gasteiger partial charge in [-0.05, 0) is 18.2 Å². The molecule has 0 bridgehead atoms. The van der Waals surface area contributed by atoms with E-state index in [0.717, 1.165) is 0 Å². The third-order valence-electron chi connectivity index (χ3n) is 2.67. The number of nitrogen functional groups attached to an aromatic ring is 1. The lowest BCUT2D eigenvalue weighted by atomic mass is 10.2. The van der Waals surface area contributed by atoms with Crippen LogP contribution in [0.1, 0.15) is 5.56 Å². The monoisotopic (exact) mass is 244 g/mol. The number of aromatic nitrogens is 1. The van der Waals surface area contributed by atoms with Crippen molar-refractivity contribution in [3.63, 3.8) is 0 Å². The van der Waals surface area contributed by atoms with Crippen LogP contribution in [0.3, 0.4) is 0 Å². The van der Waals surface area contributed by atoms with Crippen molar-refractivity contribution >= 4 is 17.2 Å². The molecule has 0 saturated heterocycles. The molecule has 0 saturated carbocycles. The van der Waals surface area contributed by atoms with Gasteiger partial charge in [0.05, 0.1) is 17.6 Å². The fourth-order valence-corrected chi connectivity index (χ4v) is 1.73. The van der Waals surface area contributed by atoms with E-state index in [-0.39, 0.29) is 11.7 Å². The highest BCUT2D eigenvalue weighted by molar-refractivity contribution is 6.00. The molecule has 5 heteroatoms. The Balaban J connectivity index is 2.50. The van der Waals surface area contributed by atoms with Gasteiger partial charge in [-0.3, -0.25) is 10.4 Å². The summed E-state index contributed by atoms with van der Waals surface area (Å²) in [6.07, 6.45) is 3.11. The highest BCUT2D eigenvalue weighted by Gasteiger charge is 2.13. The predicted octanol–water partition coefficient (Wildman–Crippen LogP) is 2.27. The quantitative estimate of drug-likeness (QED) is 0.643. The summed E-state index contributed by atoms with van der Waals surface area (Å²) >= 11 is 0. The molecule has 1 aromatic heterocycles. The summed E-state index contributed by atoms with van der Waals surface area (Å²) in [5, 5.41) is 7.52. The van der Waals surface area contributed by atoms with Gasteiger partial charge in [0, 0.05) is 18.8 Å². The highest BCUT2D eigenvalue weighted by atomic mass is 19.1. The van der Waals surface area contributed by atoms with Gasteiger partial charge in [0.15, 0.2) is 0 Å². The van der Waals surface area contributed by atoms with Crippen molar-refractivity contribution in [2.45, 2.75) is 0 Å². The Bertz CT molecular complexity index is 583. The molecule has 1 aromatic carbocycles. The molecule has 1 heterocycles. The summed E-state index contributed by atoms with van der Waals surface area (Å²) in [6, 6.07) is 8.05. The van der Waals surface area contributed by atoms with Gasteiger partial charge in [0.2, 0.25) is 0 Å². The van der Waals surface area contributed by atoms with E-state index < -0.39 is 0 Å². The fourth-order valence-electron chi connectivity index (χ4n) is 1.73. The van der Waals surface area contributed by atoms with Crippen LogP contribution in [0.4, 0.5) is 15.8 Å². The van der Waals surface area contributed by atoms with E-state index in [1.165, 1.54) is 6.07 Å². The van der Waals surface area contributed by atoms with Crippen LogP contribution < -0.4 is 10.6 Å². The summed E-state index contributed by atoms with van der Waals surface area (Å²) in [5.74, 6) is -0.408. The molecule has 0 aliphatic rings. The number of anilines is 2. The van der Waals surface area contributed by atoms with Crippen LogP contribution >= 0.6 is 0 Å². The van der Waals surface area contributed by atoms with Crippen molar-refractivity contribution in [3.8, 4) is 0 Å². The zero-order chi connectivity index (χ0) is 13.1. The Morgan fingerprint density at radius 1 is 1.28 bits per heavy atom. The van der Waals surface area contributed by atoms with E-state index in [1.54, 1.807) is 48.6 Å². The maximum absolute atomic E-state index is 13.7. The second kappa shape index (κ2) is 4.83. The summed E-state index contributed by atoms with van der Waals surface area (Å²) in [5.41, 5.74) is 7.03. The van der Waals surface area contributed by atoms with Crippen LogP contribution in [-0.2, 0) is 0 Å². The molecule has 0 aliphatic carbocycles. The number of hydrogen-bond donors (Lipinski definition) is 2. The summed E-state index contributed by atoms with van der Waals surface area (Å²) < 4.78 is 13.7.